The van der Waals surface area contributed by atoms with E-state index in [2.05, 4.69) is 15.0 Å². The summed E-state index contributed by atoms with van der Waals surface area (Å²) in [5, 5.41) is 13.1. The zero-order valence-corrected chi connectivity index (χ0v) is 22.0. The lowest BCUT2D eigenvalue weighted by molar-refractivity contribution is 0.0980. The van der Waals surface area contributed by atoms with Crippen molar-refractivity contribution in [1.29, 1.82) is 5.26 Å². The Morgan fingerprint density at radius 1 is 1.22 bits per heavy atom. The van der Waals surface area contributed by atoms with Crippen molar-refractivity contribution in [1.82, 2.24) is 9.71 Å². The number of rotatable bonds is 6. The number of carbonyl (C=O) groups excluding carboxylic acids is 1. The first kappa shape index (κ1) is 26.2. The van der Waals surface area contributed by atoms with E-state index >= 15 is 0 Å². The molecule has 37 heavy (non-hydrogen) atoms. The summed E-state index contributed by atoms with van der Waals surface area (Å²) in [5.41, 5.74) is 2.81. The van der Waals surface area contributed by atoms with Crippen molar-refractivity contribution >= 4 is 46.1 Å². The maximum Gasteiger partial charge on any atom is 0.281 e. The van der Waals surface area contributed by atoms with Crippen molar-refractivity contribution < 1.29 is 13.6 Å². The Hall–Kier alpha value is -3.87. The van der Waals surface area contributed by atoms with Crippen LogP contribution in [0.15, 0.2) is 51.7 Å². The quantitative estimate of drug-likeness (QED) is 0.219. The molecule has 2 N–H and O–H groups in total. The fraction of sp³-hybridized carbons (Fsp3) is 0.185. The van der Waals surface area contributed by atoms with E-state index in [0.29, 0.717) is 27.8 Å². The predicted octanol–water partition coefficient (Wildman–Crippen LogP) is 6.32. The predicted molar refractivity (Wildman–Crippen MR) is 144 cm³/mol. The maximum atomic E-state index is 14.2. The molecule has 1 amide bonds. The minimum atomic E-state index is -0.610. The van der Waals surface area contributed by atoms with E-state index < -0.39 is 17.8 Å². The van der Waals surface area contributed by atoms with Crippen LogP contribution in [0.5, 0.6) is 0 Å². The number of hydrogen-bond donors (Lipinski definition) is 2. The second-order valence-electron chi connectivity index (χ2n) is 8.49. The first-order valence-corrected chi connectivity index (χ1v) is 12.8. The molecule has 0 fully saturated rings. The Kier molecular flexibility index (Phi) is 7.52. The molecule has 4 rings (SSSR count). The average molecular weight is 537 g/mol. The van der Waals surface area contributed by atoms with Gasteiger partial charge in [-0.1, -0.05) is 29.6 Å². The molecule has 2 aromatic heterocycles. The molecule has 188 valence electrons. The summed E-state index contributed by atoms with van der Waals surface area (Å²) < 4.78 is 23.1. The van der Waals surface area contributed by atoms with Crippen molar-refractivity contribution in [3.63, 3.8) is 0 Å². The molecule has 0 saturated carbocycles. The number of aromatic nitrogens is 1. The maximum absolute atomic E-state index is 14.2. The van der Waals surface area contributed by atoms with E-state index in [1.165, 1.54) is 12.1 Å². The third-order valence-electron chi connectivity index (χ3n) is 5.79. The lowest BCUT2D eigenvalue weighted by atomic mass is 9.98. The minimum Gasteiger partial charge on any atom is -0.455 e. The monoisotopic (exact) mass is 536 g/mol. The van der Waals surface area contributed by atoms with Crippen LogP contribution in [0.2, 0.25) is 5.15 Å². The Bertz CT molecular complexity index is 1650. The summed E-state index contributed by atoms with van der Waals surface area (Å²) in [6.45, 7) is 5.33. The summed E-state index contributed by atoms with van der Waals surface area (Å²) in [7, 11) is 0. The molecule has 2 aromatic carbocycles. The highest BCUT2D eigenvalue weighted by Gasteiger charge is 2.21. The number of benzene rings is 2. The van der Waals surface area contributed by atoms with Gasteiger partial charge in [0, 0.05) is 22.9 Å². The summed E-state index contributed by atoms with van der Waals surface area (Å²) >= 11 is 7.17. The second kappa shape index (κ2) is 10.6. The van der Waals surface area contributed by atoms with Gasteiger partial charge in [0.05, 0.1) is 28.7 Å². The molecule has 0 radical (unpaired) electrons. The molecule has 0 bridgehead atoms. The summed E-state index contributed by atoms with van der Waals surface area (Å²) in [5.74, 6) is -0.844. The highest BCUT2D eigenvalue weighted by Crippen LogP contribution is 2.33. The van der Waals surface area contributed by atoms with Crippen LogP contribution in [0.4, 0.5) is 10.1 Å². The van der Waals surface area contributed by atoms with Gasteiger partial charge in [-0.05, 0) is 62.7 Å². The number of carbonyl (C=O) groups is 1. The molecule has 0 saturated heterocycles. The number of fused-ring (bicyclic) bond motifs is 1. The molecule has 4 aromatic rings. The van der Waals surface area contributed by atoms with Gasteiger partial charge in [-0.15, -0.1) is 0 Å². The molecule has 1 unspecified atom stereocenters. The minimum absolute atomic E-state index is 0.114. The second-order valence-corrected chi connectivity index (χ2v) is 9.49. The number of amides is 1. The zero-order chi connectivity index (χ0) is 26.9. The average Bonchev–Trinajstić information content (AvgIpc) is 2.86. The Labute approximate surface area is 221 Å². The lowest BCUT2D eigenvalue weighted by Crippen LogP contribution is -2.20. The lowest BCUT2D eigenvalue weighted by Gasteiger charge is -2.20. The molecule has 7 nitrogen and oxygen atoms in total. The number of pyridine rings is 1. The number of nitrogens with zero attached hydrogens (tertiary/aromatic N) is 2. The van der Waals surface area contributed by atoms with Crippen LogP contribution in [0, 0.1) is 31.0 Å². The van der Waals surface area contributed by atoms with Gasteiger partial charge < -0.3 is 9.73 Å². The topological polar surface area (TPSA) is 108 Å². The summed E-state index contributed by atoms with van der Waals surface area (Å²) in [6.07, 6.45) is 1.72. The van der Waals surface area contributed by atoms with Gasteiger partial charge in [-0.2, -0.15) is 5.26 Å². The van der Waals surface area contributed by atoms with Crippen LogP contribution in [0.1, 0.15) is 45.7 Å². The number of nitrogens with one attached hydrogen (secondary N) is 2. The van der Waals surface area contributed by atoms with Gasteiger partial charge in [0.15, 0.2) is 11.1 Å². The molecular weight excluding hydrogens is 515 g/mol. The normalized spacial score (nSPS) is 11.7. The van der Waals surface area contributed by atoms with E-state index in [-0.39, 0.29) is 33.2 Å². The molecule has 2 heterocycles. The van der Waals surface area contributed by atoms with Crippen LogP contribution >= 0.6 is 23.5 Å². The van der Waals surface area contributed by atoms with E-state index in [9.17, 15) is 19.2 Å². The van der Waals surface area contributed by atoms with Crippen molar-refractivity contribution in [2.45, 2.75) is 26.8 Å². The number of aryl methyl sites for hydroxylation is 1. The van der Waals surface area contributed by atoms with Gasteiger partial charge >= 0.3 is 0 Å². The Balaban J connectivity index is 1.88. The van der Waals surface area contributed by atoms with Crippen molar-refractivity contribution in [3.05, 3.63) is 91.6 Å². The van der Waals surface area contributed by atoms with Crippen LogP contribution in [-0.2, 0) is 0 Å². The third-order valence-corrected chi connectivity index (χ3v) is 6.39. The van der Waals surface area contributed by atoms with E-state index in [1.807, 2.05) is 26.0 Å². The molecule has 0 aliphatic carbocycles. The van der Waals surface area contributed by atoms with Crippen LogP contribution in [-0.4, -0.2) is 17.1 Å². The van der Waals surface area contributed by atoms with E-state index in [1.54, 1.807) is 31.4 Å². The van der Waals surface area contributed by atoms with Gasteiger partial charge in [0.25, 0.3) is 5.91 Å². The summed E-state index contributed by atoms with van der Waals surface area (Å²) in [4.78, 5) is 30.1. The Morgan fingerprint density at radius 2 is 1.97 bits per heavy atom. The molecule has 0 aliphatic heterocycles. The molecule has 0 aliphatic rings. The highest BCUT2D eigenvalue weighted by molar-refractivity contribution is 7.97. The van der Waals surface area contributed by atoms with Crippen molar-refractivity contribution in [3.8, 4) is 17.4 Å². The SMILES string of the molecule is CSNC(=O)c1nc(Cl)ccc1NC(C)c1cc(C)cc2c(=O)c(C)c(-c3cc(F)cc(C#N)c3)oc12. The van der Waals surface area contributed by atoms with E-state index in [4.69, 9.17) is 16.0 Å². The van der Waals surface area contributed by atoms with Crippen LogP contribution in [0.3, 0.4) is 0 Å². The molecular formula is C27H22ClFN4O3S. The third kappa shape index (κ3) is 5.31. The number of hydrogen-bond acceptors (Lipinski definition) is 7. The first-order valence-electron chi connectivity index (χ1n) is 11.2. The largest absolute Gasteiger partial charge is 0.455 e. The highest BCUT2D eigenvalue weighted by atomic mass is 35.5. The number of anilines is 1. The Morgan fingerprint density at radius 3 is 2.68 bits per heavy atom. The smallest absolute Gasteiger partial charge is 0.281 e. The van der Waals surface area contributed by atoms with Crippen LogP contribution < -0.4 is 15.5 Å². The molecule has 10 heteroatoms. The standard InChI is InChI=1S/C27H22ClFN4O3S/c1-13-7-19(15(3)31-21-5-6-22(28)32-23(21)27(35)33-37-4)26-20(8-13)24(34)14(2)25(36-26)17-9-16(12-30)10-18(29)11-17/h5-11,15,31H,1-4H3,(H,33,35). The first-order chi connectivity index (χ1) is 17.6. The number of halogens is 2. The van der Waals surface area contributed by atoms with Crippen molar-refractivity contribution in [2.24, 2.45) is 0 Å². The van der Waals surface area contributed by atoms with Gasteiger partial charge in [-0.3, -0.25) is 14.3 Å². The van der Waals surface area contributed by atoms with Crippen LogP contribution in [0.25, 0.3) is 22.3 Å². The van der Waals surface area contributed by atoms with E-state index in [0.717, 1.165) is 23.6 Å². The van der Waals surface area contributed by atoms with Crippen molar-refractivity contribution in [2.75, 3.05) is 11.6 Å². The zero-order valence-electron chi connectivity index (χ0n) is 20.4. The van der Waals surface area contributed by atoms with Gasteiger partial charge in [0.1, 0.15) is 22.3 Å². The van der Waals surface area contributed by atoms with Gasteiger partial charge in [0.2, 0.25) is 0 Å². The fourth-order valence-electron chi connectivity index (χ4n) is 4.13. The molecule has 1 atom stereocenters. The van der Waals surface area contributed by atoms with Gasteiger partial charge in [-0.25, -0.2) is 9.37 Å². The number of nitriles is 1. The molecule has 0 spiro atoms. The summed E-state index contributed by atoms with van der Waals surface area (Å²) in [6, 6.07) is 12.1. The fourth-order valence-corrected chi connectivity index (χ4v) is 4.56.